The number of aromatic nitrogens is 2. The zero-order valence-electron chi connectivity index (χ0n) is 21.5. The van der Waals surface area contributed by atoms with E-state index in [0.29, 0.717) is 30.1 Å². The Hall–Kier alpha value is -2.22. The van der Waals surface area contributed by atoms with E-state index < -0.39 is 0 Å². The lowest BCUT2D eigenvalue weighted by Gasteiger charge is -2.40. The summed E-state index contributed by atoms with van der Waals surface area (Å²) in [5, 5.41) is 0.696. The van der Waals surface area contributed by atoms with Gasteiger partial charge in [-0.1, -0.05) is 37.6 Å². The number of halogens is 1. The highest BCUT2D eigenvalue weighted by Crippen LogP contribution is 2.37. The lowest BCUT2D eigenvalue weighted by atomic mass is 9.94. The van der Waals surface area contributed by atoms with Crippen molar-refractivity contribution >= 4 is 23.3 Å². The summed E-state index contributed by atoms with van der Waals surface area (Å²) < 4.78 is 5.59. The zero-order valence-corrected chi connectivity index (χ0v) is 22.3. The van der Waals surface area contributed by atoms with E-state index >= 15 is 0 Å². The van der Waals surface area contributed by atoms with Crippen LogP contribution in [0.3, 0.4) is 0 Å². The Morgan fingerprint density at radius 1 is 1.11 bits per heavy atom. The summed E-state index contributed by atoms with van der Waals surface area (Å²) >= 11 is 6.19. The molecule has 194 valence electrons. The third-order valence-electron chi connectivity index (χ3n) is 8.24. The van der Waals surface area contributed by atoms with Gasteiger partial charge < -0.3 is 14.5 Å². The van der Waals surface area contributed by atoms with Gasteiger partial charge in [-0.3, -0.25) is 9.69 Å². The molecular weight excluding hydrogens is 474 g/mol. The van der Waals surface area contributed by atoms with Gasteiger partial charge in [0.2, 0.25) is 5.91 Å². The lowest BCUT2D eigenvalue weighted by molar-refractivity contribution is -0.133. The molecule has 0 saturated carbocycles. The van der Waals surface area contributed by atoms with Gasteiger partial charge in [-0.05, 0) is 55.8 Å². The molecule has 3 aliphatic rings. The Bertz CT molecular complexity index is 1030. The molecule has 5 rings (SSSR count). The highest BCUT2D eigenvalue weighted by atomic mass is 35.5. The normalized spacial score (nSPS) is 21.6. The molecule has 2 saturated heterocycles. The van der Waals surface area contributed by atoms with Gasteiger partial charge >= 0.3 is 0 Å². The van der Waals surface area contributed by atoms with E-state index in [1.54, 1.807) is 6.33 Å². The predicted octanol–water partition coefficient (Wildman–Crippen LogP) is 4.11. The fourth-order valence-corrected chi connectivity index (χ4v) is 6.20. The Balaban J connectivity index is 1.31. The standard InChI is InChI=1S/C28H38ClN5O2/c1-3-32(23-10-16-36-17-11-23)18-24(21-5-7-22(29)8-6-21)28(35)34-14-12-33(13-15-34)27-26-20(2)4-9-25(26)30-19-31-27/h5-8,19-20,23-24H,3-4,9-18H2,1-2H3/t20?,24-/m1/s1. The maximum atomic E-state index is 14.0. The topological polar surface area (TPSA) is 61.8 Å². The molecule has 36 heavy (non-hydrogen) atoms. The summed E-state index contributed by atoms with van der Waals surface area (Å²) in [5.74, 6) is 1.57. The summed E-state index contributed by atoms with van der Waals surface area (Å²) in [6.45, 7) is 10.7. The lowest BCUT2D eigenvalue weighted by Crippen LogP contribution is -2.52. The van der Waals surface area contributed by atoms with Crippen LogP contribution in [-0.4, -0.2) is 84.2 Å². The number of piperazine rings is 1. The minimum Gasteiger partial charge on any atom is -0.381 e. The molecule has 0 radical (unpaired) electrons. The molecule has 1 amide bonds. The van der Waals surface area contributed by atoms with Crippen molar-refractivity contribution in [2.24, 2.45) is 0 Å². The van der Waals surface area contributed by atoms with E-state index in [0.717, 1.165) is 76.5 Å². The van der Waals surface area contributed by atoms with Crippen LogP contribution in [0.25, 0.3) is 0 Å². The van der Waals surface area contributed by atoms with Crippen LogP contribution in [0, 0.1) is 0 Å². The first-order valence-corrected chi connectivity index (χ1v) is 13.9. The Morgan fingerprint density at radius 2 is 1.83 bits per heavy atom. The van der Waals surface area contributed by atoms with Crippen molar-refractivity contribution in [3.05, 3.63) is 52.4 Å². The van der Waals surface area contributed by atoms with Crippen molar-refractivity contribution in [2.75, 3.05) is 57.4 Å². The number of anilines is 1. The van der Waals surface area contributed by atoms with Gasteiger partial charge in [0.25, 0.3) is 0 Å². The molecule has 1 aromatic heterocycles. The summed E-state index contributed by atoms with van der Waals surface area (Å²) in [7, 11) is 0. The number of nitrogens with zero attached hydrogens (tertiary/aromatic N) is 5. The average Bonchev–Trinajstić information content (AvgIpc) is 3.31. The molecule has 2 aromatic rings. The minimum atomic E-state index is -0.208. The van der Waals surface area contributed by atoms with E-state index in [4.69, 9.17) is 16.3 Å². The minimum absolute atomic E-state index is 0.208. The van der Waals surface area contributed by atoms with E-state index in [-0.39, 0.29) is 11.8 Å². The predicted molar refractivity (Wildman–Crippen MR) is 143 cm³/mol. The maximum absolute atomic E-state index is 14.0. The summed E-state index contributed by atoms with van der Waals surface area (Å²) in [6, 6.07) is 8.30. The second-order valence-corrected chi connectivity index (χ2v) is 10.8. The van der Waals surface area contributed by atoms with Gasteiger partial charge in [0.1, 0.15) is 12.1 Å². The number of fused-ring (bicyclic) bond motifs is 1. The molecule has 8 heteroatoms. The Labute approximate surface area is 219 Å². The van der Waals surface area contributed by atoms with Crippen molar-refractivity contribution in [2.45, 2.75) is 57.4 Å². The van der Waals surface area contributed by atoms with Gasteiger partial charge in [0, 0.05) is 68.3 Å². The summed E-state index contributed by atoms with van der Waals surface area (Å²) in [5.41, 5.74) is 3.55. The van der Waals surface area contributed by atoms with Crippen molar-refractivity contribution in [3.8, 4) is 0 Å². The first-order chi connectivity index (χ1) is 17.5. The number of hydrogen-bond acceptors (Lipinski definition) is 6. The van der Waals surface area contributed by atoms with Crippen LogP contribution in [0.4, 0.5) is 5.82 Å². The highest BCUT2D eigenvalue weighted by molar-refractivity contribution is 6.30. The zero-order chi connectivity index (χ0) is 25.1. The quantitative estimate of drug-likeness (QED) is 0.557. The molecule has 7 nitrogen and oxygen atoms in total. The van der Waals surface area contributed by atoms with E-state index in [1.165, 1.54) is 11.3 Å². The van der Waals surface area contributed by atoms with E-state index in [1.807, 2.05) is 24.3 Å². The van der Waals surface area contributed by atoms with Crippen molar-refractivity contribution in [1.29, 1.82) is 0 Å². The second kappa shape index (κ2) is 11.4. The maximum Gasteiger partial charge on any atom is 0.231 e. The number of hydrogen-bond donors (Lipinski definition) is 0. The van der Waals surface area contributed by atoms with Gasteiger partial charge in [-0.15, -0.1) is 0 Å². The second-order valence-electron chi connectivity index (χ2n) is 10.3. The first kappa shape index (κ1) is 25.4. The van der Waals surface area contributed by atoms with Crippen molar-refractivity contribution < 1.29 is 9.53 Å². The number of amides is 1. The van der Waals surface area contributed by atoms with Crippen molar-refractivity contribution in [3.63, 3.8) is 0 Å². The Morgan fingerprint density at radius 3 is 2.53 bits per heavy atom. The van der Waals surface area contributed by atoms with Gasteiger partial charge in [-0.25, -0.2) is 9.97 Å². The summed E-state index contributed by atoms with van der Waals surface area (Å²) in [4.78, 5) is 30.1. The van der Waals surface area contributed by atoms with Crippen LogP contribution in [-0.2, 0) is 16.0 Å². The van der Waals surface area contributed by atoms with E-state index in [2.05, 4.69) is 38.5 Å². The van der Waals surface area contributed by atoms with Crippen LogP contribution in [0.1, 0.15) is 61.8 Å². The third-order valence-corrected chi connectivity index (χ3v) is 8.50. The largest absolute Gasteiger partial charge is 0.381 e. The smallest absolute Gasteiger partial charge is 0.231 e. The third kappa shape index (κ3) is 5.38. The van der Waals surface area contributed by atoms with Crippen molar-refractivity contribution in [1.82, 2.24) is 19.8 Å². The van der Waals surface area contributed by atoms with Crippen LogP contribution in [0.5, 0.6) is 0 Å². The summed E-state index contributed by atoms with van der Waals surface area (Å²) in [6.07, 6.45) is 5.93. The van der Waals surface area contributed by atoms with Gasteiger partial charge in [0.15, 0.2) is 0 Å². The molecule has 0 N–H and O–H groups in total. The number of carbonyl (C=O) groups is 1. The Kier molecular flexibility index (Phi) is 8.09. The number of likely N-dealkylation sites (N-methyl/N-ethyl adjacent to an activating group) is 1. The fraction of sp³-hybridized carbons (Fsp3) is 0.607. The molecule has 0 spiro atoms. The number of ether oxygens (including phenoxy) is 1. The number of rotatable bonds is 7. The molecule has 2 aliphatic heterocycles. The molecule has 1 aromatic carbocycles. The molecule has 1 unspecified atom stereocenters. The first-order valence-electron chi connectivity index (χ1n) is 13.5. The number of carbonyl (C=O) groups excluding carboxylic acids is 1. The SMILES string of the molecule is CCN(C[C@@H](C(=O)N1CCN(c2ncnc3c2C(C)CC3)CC1)c1ccc(Cl)cc1)C1CCOCC1. The molecule has 3 heterocycles. The monoisotopic (exact) mass is 511 g/mol. The number of benzene rings is 1. The molecule has 0 bridgehead atoms. The molecule has 2 atom stereocenters. The van der Waals surface area contributed by atoms with Crippen LogP contribution < -0.4 is 4.90 Å². The average molecular weight is 512 g/mol. The number of aryl methyl sites for hydroxylation is 1. The van der Waals surface area contributed by atoms with Gasteiger partial charge in [0.05, 0.1) is 5.92 Å². The van der Waals surface area contributed by atoms with Crippen LogP contribution >= 0.6 is 11.6 Å². The highest BCUT2D eigenvalue weighted by Gasteiger charge is 2.34. The van der Waals surface area contributed by atoms with E-state index in [9.17, 15) is 4.79 Å². The van der Waals surface area contributed by atoms with Gasteiger partial charge in [-0.2, -0.15) is 0 Å². The molecule has 2 fully saturated rings. The van der Waals surface area contributed by atoms with Crippen LogP contribution in [0.15, 0.2) is 30.6 Å². The fourth-order valence-electron chi connectivity index (χ4n) is 6.08. The molecular formula is C28H38ClN5O2. The molecule has 1 aliphatic carbocycles. The van der Waals surface area contributed by atoms with Crippen LogP contribution in [0.2, 0.25) is 5.02 Å².